The average molecular weight is 289 g/mol. The Balaban J connectivity index is 1.90. The quantitative estimate of drug-likeness (QED) is 0.865. The van der Waals surface area contributed by atoms with Gasteiger partial charge in [-0.25, -0.2) is 4.98 Å². The van der Waals surface area contributed by atoms with Gasteiger partial charge in [-0.3, -0.25) is 4.79 Å². The lowest BCUT2D eigenvalue weighted by Crippen LogP contribution is -2.26. The number of hydrogen-bond acceptors (Lipinski definition) is 5. The predicted octanol–water partition coefficient (Wildman–Crippen LogP) is 1.24. The fraction of sp³-hybridized carbons (Fsp3) is 0.429. The van der Waals surface area contributed by atoms with E-state index in [0.29, 0.717) is 30.5 Å². The van der Waals surface area contributed by atoms with E-state index in [2.05, 4.69) is 34.3 Å². The summed E-state index contributed by atoms with van der Waals surface area (Å²) in [6, 6.07) is 3.55. The van der Waals surface area contributed by atoms with Gasteiger partial charge in [-0.1, -0.05) is 0 Å². The highest BCUT2D eigenvalue weighted by molar-refractivity contribution is 5.94. The molecule has 0 fully saturated rings. The van der Waals surface area contributed by atoms with E-state index >= 15 is 0 Å². The Morgan fingerprint density at radius 2 is 2.29 bits per heavy atom. The molecule has 0 unspecified atom stereocenters. The molecule has 1 N–H and O–H groups in total. The van der Waals surface area contributed by atoms with Gasteiger partial charge in [-0.2, -0.15) is 0 Å². The monoisotopic (exact) mass is 289 g/mol. The van der Waals surface area contributed by atoms with Gasteiger partial charge in [0.25, 0.3) is 5.91 Å². The van der Waals surface area contributed by atoms with Crippen molar-refractivity contribution in [1.29, 1.82) is 0 Å². The number of ether oxygens (including phenoxy) is 1. The van der Waals surface area contributed by atoms with Gasteiger partial charge in [0.2, 0.25) is 5.88 Å². The van der Waals surface area contributed by atoms with E-state index in [4.69, 9.17) is 4.74 Å². The van der Waals surface area contributed by atoms with Crippen LogP contribution in [0.5, 0.6) is 5.88 Å². The molecule has 0 radical (unpaired) electrons. The van der Waals surface area contributed by atoms with Gasteiger partial charge in [-0.05, 0) is 19.9 Å². The van der Waals surface area contributed by atoms with Crippen molar-refractivity contribution in [3.8, 4) is 5.88 Å². The van der Waals surface area contributed by atoms with E-state index in [-0.39, 0.29) is 5.91 Å². The molecule has 7 heteroatoms. The van der Waals surface area contributed by atoms with Crippen LogP contribution in [0.25, 0.3) is 0 Å². The molecule has 2 heterocycles. The van der Waals surface area contributed by atoms with Gasteiger partial charge in [0, 0.05) is 36.8 Å². The van der Waals surface area contributed by atoms with Crippen molar-refractivity contribution in [2.45, 2.75) is 26.3 Å². The second-order valence-electron chi connectivity index (χ2n) is 4.84. The smallest absolute Gasteiger partial charge is 0.251 e. The topological polar surface area (TPSA) is 81.9 Å². The van der Waals surface area contributed by atoms with Gasteiger partial charge in [-0.15, -0.1) is 10.2 Å². The Bertz CT molecular complexity index is 609. The largest absolute Gasteiger partial charge is 0.481 e. The van der Waals surface area contributed by atoms with Crippen LogP contribution in [0.4, 0.5) is 0 Å². The van der Waals surface area contributed by atoms with Crippen LogP contribution >= 0.6 is 0 Å². The van der Waals surface area contributed by atoms with Crippen LogP contribution in [0.2, 0.25) is 0 Å². The zero-order valence-corrected chi connectivity index (χ0v) is 12.4. The molecule has 7 nitrogen and oxygen atoms in total. The number of carbonyl (C=O) groups is 1. The fourth-order valence-electron chi connectivity index (χ4n) is 1.93. The summed E-state index contributed by atoms with van der Waals surface area (Å²) in [5.74, 6) is 1.12. The summed E-state index contributed by atoms with van der Waals surface area (Å²) in [6.45, 7) is 4.62. The zero-order chi connectivity index (χ0) is 15.2. The van der Waals surface area contributed by atoms with Gasteiger partial charge in [0.15, 0.2) is 0 Å². The van der Waals surface area contributed by atoms with E-state index in [9.17, 15) is 4.79 Å². The third-order valence-electron chi connectivity index (χ3n) is 3.04. The molecule has 0 atom stereocenters. The van der Waals surface area contributed by atoms with Crippen LogP contribution in [0.1, 0.15) is 36.1 Å². The first-order chi connectivity index (χ1) is 10.1. The number of carbonyl (C=O) groups excluding carboxylic acids is 1. The first-order valence-corrected chi connectivity index (χ1v) is 6.78. The molecule has 0 aliphatic carbocycles. The maximum absolute atomic E-state index is 12.0. The number of rotatable bonds is 6. The molecular formula is C14H19N5O2. The Kier molecular flexibility index (Phi) is 4.86. The Morgan fingerprint density at radius 3 is 3.00 bits per heavy atom. The minimum Gasteiger partial charge on any atom is -0.481 e. The molecule has 0 aliphatic rings. The van der Waals surface area contributed by atoms with E-state index in [1.807, 2.05) is 4.57 Å². The van der Waals surface area contributed by atoms with E-state index < -0.39 is 0 Å². The fourth-order valence-corrected chi connectivity index (χ4v) is 1.93. The summed E-state index contributed by atoms with van der Waals surface area (Å²) in [5.41, 5.74) is 0.521. The normalized spacial score (nSPS) is 10.7. The SMILES string of the molecule is COc1cc(C(=O)NCCc2nncn2C(C)C)ccn1. The zero-order valence-electron chi connectivity index (χ0n) is 12.4. The lowest BCUT2D eigenvalue weighted by molar-refractivity contribution is 0.0953. The minimum absolute atomic E-state index is 0.161. The molecule has 0 spiro atoms. The number of amides is 1. The first-order valence-electron chi connectivity index (χ1n) is 6.78. The minimum atomic E-state index is -0.161. The highest BCUT2D eigenvalue weighted by Crippen LogP contribution is 2.09. The highest BCUT2D eigenvalue weighted by Gasteiger charge is 2.09. The van der Waals surface area contributed by atoms with E-state index in [1.165, 1.54) is 7.11 Å². The summed E-state index contributed by atoms with van der Waals surface area (Å²) in [5, 5.41) is 10.8. The number of nitrogens with one attached hydrogen (secondary N) is 1. The van der Waals surface area contributed by atoms with Gasteiger partial charge >= 0.3 is 0 Å². The van der Waals surface area contributed by atoms with Crippen LogP contribution in [0.3, 0.4) is 0 Å². The number of methoxy groups -OCH3 is 1. The van der Waals surface area contributed by atoms with Crippen molar-refractivity contribution >= 4 is 5.91 Å². The molecule has 2 rings (SSSR count). The lowest BCUT2D eigenvalue weighted by atomic mass is 10.2. The van der Waals surface area contributed by atoms with Crippen molar-refractivity contribution in [3.05, 3.63) is 36.0 Å². The van der Waals surface area contributed by atoms with Crippen molar-refractivity contribution in [1.82, 2.24) is 25.1 Å². The van der Waals surface area contributed by atoms with Crippen LogP contribution in [0.15, 0.2) is 24.7 Å². The van der Waals surface area contributed by atoms with Crippen molar-refractivity contribution in [3.63, 3.8) is 0 Å². The van der Waals surface area contributed by atoms with Crippen molar-refractivity contribution in [2.24, 2.45) is 0 Å². The van der Waals surface area contributed by atoms with Crippen molar-refractivity contribution < 1.29 is 9.53 Å². The van der Waals surface area contributed by atoms with Crippen LogP contribution < -0.4 is 10.1 Å². The number of nitrogens with zero attached hydrogens (tertiary/aromatic N) is 4. The van der Waals surface area contributed by atoms with Crippen LogP contribution in [0, 0.1) is 0 Å². The van der Waals surface area contributed by atoms with Crippen LogP contribution in [-0.2, 0) is 6.42 Å². The lowest BCUT2D eigenvalue weighted by Gasteiger charge is -2.10. The average Bonchev–Trinajstić information content (AvgIpc) is 2.96. The van der Waals surface area contributed by atoms with E-state index in [1.54, 1.807) is 24.7 Å². The number of hydrogen-bond donors (Lipinski definition) is 1. The molecule has 2 aromatic heterocycles. The third kappa shape index (κ3) is 3.77. The molecule has 0 bridgehead atoms. The molecule has 21 heavy (non-hydrogen) atoms. The van der Waals surface area contributed by atoms with Crippen molar-refractivity contribution in [2.75, 3.05) is 13.7 Å². The molecule has 1 amide bonds. The molecular weight excluding hydrogens is 270 g/mol. The Labute approximate surface area is 123 Å². The standard InChI is InChI=1S/C14H19N5O2/c1-10(2)19-9-17-18-12(19)5-7-16-14(20)11-4-6-15-13(8-11)21-3/h4,6,8-10H,5,7H2,1-3H3,(H,16,20). The third-order valence-corrected chi connectivity index (χ3v) is 3.04. The maximum atomic E-state index is 12.0. The molecule has 0 aromatic carbocycles. The summed E-state index contributed by atoms with van der Waals surface area (Å²) >= 11 is 0. The Morgan fingerprint density at radius 1 is 1.48 bits per heavy atom. The molecule has 112 valence electrons. The van der Waals surface area contributed by atoms with Gasteiger partial charge < -0.3 is 14.6 Å². The molecule has 0 aliphatic heterocycles. The number of pyridine rings is 1. The maximum Gasteiger partial charge on any atom is 0.251 e. The van der Waals surface area contributed by atoms with Gasteiger partial charge in [0.05, 0.1) is 7.11 Å². The molecule has 2 aromatic rings. The summed E-state index contributed by atoms with van der Waals surface area (Å²) in [7, 11) is 1.52. The Hall–Kier alpha value is -2.44. The number of aromatic nitrogens is 4. The first kappa shape index (κ1) is 15.0. The summed E-state index contributed by atoms with van der Waals surface area (Å²) < 4.78 is 6.99. The van der Waals surface area contributed by atoms with E-state index in [0.717, 1.165) is 5.82 Å². The summed E-state index contributed by atoms with van der Waals surface area (Å²) in [6.07, 6.45) is 3.88. The van der Waals surface area contributed by atoms with Gasteiger partial charge in [0.1, 0.15) is 12.2 Å². The molecule has 0 saturated heterocycles. The predicted molar refractivity (Wildman–Crippen MR) is 77.2 cm³/mol. The summed E-state index contributed by atoms with van der Waals surface area (Å²) in [4.78, 5) is 16.0. The van der Waals surface area contributed by atoms with Crippen LogP contribution in [-0.4, -0.2) is 39.3 Å². The highest BCUT2D eigenvalue weighted by atomic mass is 16.5. The molecule has 0 saturated carbocycles. The second-order valence-corrected chi connectivity index (χ2v) is 4.84. The second kappa shape index (κ2) is 6.83.